The molecular weight excluding hydrogens is 248 g/mol. The van der Waals surface area contributed by atoms with Crippen molar-refractivity contribution < 1.29 is 8.42 Å². The van der Waals surface area contributed by atoms with Crippen LogP contribution >= 0.6 is 0 Å². The normalized spacial score (nSPS) is 14.6. The smallest absolute Gasteiger partial charge is 0.154 e. The van der Waals surface area contributed by atoms with Gasteiger partial charge < -0.3 is 0 Å². The Kier molecular flexibility index (Phi) is 4.20. The van der Waals surface area contributed by atoms with E-state index in [1.54, 1.807) is 13.8 Å². The van der Waals surface area contributed by atoms with Gasteiger partial charge in [-0.1, -0.05) is 18.2 Å². The molecule has 1 atom stereocenters. The van der Waals surface area contributed by atoms with E-state index in [-0.39, 0.29) is 0 Å². The van der Waals surface area contributed by atoms with E-state index >= 15 is 0 Å². The summed E-state index contributed by atoms with van der Waals surface area (Å²) < 4.78 is 22.9. The van der Waals surface area contributed by atoms with Crippen LogP contribution in [0.1, 0.15) is 36.6 Å². The van der Waals surface area contributed by atoms with Crippen LogP contribution in [0.15, 0.2) is 18.2 Å². The Balaban J connectivity index is 3.40. The van der Waals surface area contributed by atoms with Gasteiger partial charge in [0.05, 0.1) is 10.8 Å². The van der Waals surface area contributed by atoms with Crippen molar-refractivity contribution in [3.8, 4) is 0 Å². The van der Waals surface area contributed by atoms with Crippen molar-refractivity contribution in [1.29, 1.82) is 0 Å². The van der Waals surface area contributed by atoms with Gasteiger partial charge in [-0.2, -0.15) is 0 Å². The highest BCUT2D eigenvalue weighted by Crippen LogP contribution is 2.33. The summed E-state index contributed by atoms with van der Waals surface area (Å²) in [5.41, 5.74) is 5.77. The predicted molar refractivity (Wildman–Crippen MR) is 74.9 cm³/mol. The van der Waals surface area contributed by atoms with Gasteiger partial charge in [-0.25, -0.2) is 8.42 Å². The lowest BCUT2D eigenvalue weighted by atomic mass is 9.90. The quantitative estimate of drug-likeness (QED) is 0.644. The number of hydrogen-bond acceptors (Lipinski definition) is 4. The van der Waals surface area contributed by atoms with E-state index in [0.29, 0.717) is 0 Å². The van der Waals surface area contributed by atoms with E-state index in [9.17, 15) is 8.42 Å². The van der Waals surface area contributed by atoms with Gasteiger partial charge in [0.15, 0.2) is 9.84 Å². The summed E-state index contributed by atoms with van der Waals surface area (Å²) in [5.74, 6) is 5.59. The number of aryl methyl sites for hydroxylation is 1. The second-order valence-electron chi connectivity index (χ2n) is 5.26. The molecule has 0 aromatic heterocycles. The third kappa shape index (κ3) is 2.58. The SMILES string of the molecule is Cc1cccc(C(NN)C(C)(C)S(C)(=O)=O)c1C. The first kappa shape index (κ1) is 15.1. The zero-order valence-corrected chi connectivity index (χ0v) is 12.4. The molecule has 0 spiro atoms. The third-order valence-electron chi connectivity index (χ3n) is 3.78. The van der Waals surface area contributed by atoms with Crippen LogP contribution in [0.4, 0.5) is 0 Å². The molecule has 0 saturated heterocycles. The first-order valence-corrected chi connectivity index (χ1v) is 7.74. The lowest BCUT2D eigenvalue weighted by molar-refractivity contribution is 0.426. The van der Waals surface area contributed by atoms with Crippen molar-refractivity contribution in [2.45, 2.75) is 38.5 Å². The van der Waals surface area contributed by atoms with Crippen LogP contribution in [0.2, 0.25) is 0 Å². The van der Waals surface area contributed by atoms with Crippen LogP contribution < -0.4 is 11.3 Å². The van der Waals surface area contributed by atoms with Crippen LogP contribution in [-0.4, -0.2) is 19.4 Å². The molecule has 0 heterocycles. The van der Waals surface area contributed by atoms with Crippen LogP contribution in [0.5, 0.6) is 0 Å². The summed E-state index contributed by atoms with van der Waals surface area (Å²) in [5, 5.41) is 0. The van der Waals surface area contributed by atoms with E-state index in [0.717, 1.165) is 16.7 Å². The van der Waals surface area contributed by atoms with Crippen molar-refractivity contribution in [3.05, 3.63) is 34.9 Å². The molecule has 18 heavy (non-hydrogen) atoms. The third-order valence-corrected chi connectivity index (χ3v) is 5.92. The van der Waals surface area contributed by atoms with Gasteiger partial charge in [-0.3, -0.25) is 11.3 Å². The fraction of sp³-hybridized carbons (Fsp3) is 0.538. The van der Waals surface area contributed by atoms with Crippen molar-refractivity contribution in [2.24, 2.45) is 5.84 Å². The maximum Gasteiger partial charge on any atom is 0.154 e. The lowest BCUT2D eigenvalue weighted by Crippen LogP contribution is -2.47. The minimum Gasteiger partial charge on any atom is -0.271 e. The summed E-state index contributed by atoms with van der Waals surface area (Å²) in [6.07, 6.45) is 1.24. The highest BCUT2D eigenvalue weighted by molar-refractivity contribution is 7.92. The Morgan fingerprint density at radius 2 is 1.83 bits per heavy atom. The molecule has 0 radical (unpaired) electrons. The summed E-state index contributed by atoms with van der Waals surface area (Å²) in [4.78, 5) is 0. The van der Waals surface area contributed by atoms with E-state index in [1.165, 1.54) is 6.26 Å². The first-order chi connectivity index (χ1) is 8.13. The molecular formula is C13H22N2O2S. The Morgan fingerprint density at radius 1 is 1.28 bits per heavy atom. The molecule has 0 aliphatic heterocycles. The fourth-order valence-corrected chi connectivity index (χ4v) is 2.59. The summed E-state index contributed by atoms with van der Waals surface area (Å²) in [6.45, 7) is 7.36. The van der Waals surface area contributed by atoms with E-state index in [4.69, 9.17) is 5.84 Å². The summed E-state index contributed by atoms with van der Waals surface area (Å²) in [6, 6.07) is 5.40. The topological polar surface area (TPSA) is 72.2 Å². The average Bonchev–Trinajstić information content (AvgIpc) is 2.23. The summed E-state index contributed by atoms with van der Waals surface area (Å²) >= 11 is 0. The van der Waals surface area contributed by atoms with Crippen LogP contribution in [0.25, 0.3) is 0 Å². The molecule has 1 unspecified atom stereocenters. The zero-order chi connectivity index (χ0) is 14.1. The number of benzene rings is 1. The number of sulfone groups is 1. The van der Waals surface area contributed by atoms with E-state index in [1.807, 2.05) is 32.0 Å². The van der Waals surface area contributed by atoms with E-state index < -0.39 is 20.6 Å². The van der Waals surface area contributed by atoms with Crippen molar-refractivity contribution in [2.75, 3.05) is 6.26 Å². The van der Waals surface area contributed by atoms with Crippen LogP contribution in [0.3, 0.4) is 0 Å². The standard InChI is InChI=1S/C13H22N2O2S/c1-9-7-6-8-11(10(9)2)12(15-14)13(3,4)18(5,16)17/h6-8,12,15H,14H2,1-5H3. The maximum absolute atomic E-state index is 11.9. The Bertz CT molecular complexity index is 536. The molecule has 0 bridgehead atoms. The van der Waals surface area contributed by atoms with Gasteiger partial charge in [0.1, 0.15) is 0 Å². The van der Waals surface area contributed by atoms with Crippen molar-refractivity contribution >= 4 is 9.84 Å². The van der Waals surface area contributed by atoms with Gasteiger partial charge in [0, 0.05) is 6.26 Å². The van der Waals surface area contributed by atoms with Crippen LogP contribution in [-0.2, 0) is 9.84 Å². The maximum atomic E-state index is 11.9. The minimum atomic E-state index is -3.23. The first-order valence-electron chi connectivity index (χ1n) is 5.84. The Hall–Kier alpha value is -0.910. The molecule has 0 aliphatic carbocycles. The number of hydrazine groups is 1. The molecule has 4 nitrogen and oxygen atoms in total. The highest BCUT2D eigenvalue weighted by atomic mass is 32.2. The largest absolute Gasteiger partial charge is 0.271 e. The Morgan fingerprint density at radius 3 is 2.28 bits per heavy atom. The van der Waals surface area contributed by atoms with Crippen LogP contribution in [0, 0.1) is 13.8 Å². The molecule has 0 aliphatic rings. The number of nitrogens with two attached hydrogens (primary N) is 1. The Labute approximate surface area is 109 Å². The molecule has 102 valence electrons. The molecule has 3 N–H and O–H groups in total. The summed E-state index contributed by atoms with van der Waals surface area (Å²) in [7, 11) is -3.23. The number of hydrogen-bond donors (Lipinski definition) is 2. The number of rotatable bonds is 4. The molecule has 1 aromatic rings. The van der Waals surface area contributed by atoms with Gasteiger partial charge in [-0.05, 0) is 44.4 Å². The van der Waals surface area contributed by atoms with E-state index in [2.05, 4.69) is 5.43 Å². The van der Waals surface area contributed by atoms with Gasteiger partial charge in [-0.15, -0.1) is 0 Å². The molecule has 5 heteroatoms. The van der Waals surface area contributed by atoms with Gasteiger partial charge in [0.25, 0.3) is 0 Å². The zero-order valence-electron chi connectivity index (χ0n) is 11.6. The second-order valence-corrected chi connectivity index (χ2v) is 7.86. The molecule has 0 amide bonds. The molecule has 1 aromatic carbocycles. The fourth-order valence-electron chi connectivity index (χ4n) is 1.97. The van der Waals surface area contributed by atoms with Gasteiger partial charge >= 0.3 is 0 Å². The predicted octanol–water partition coefficient (Wildman–Crippen LogP) is 1.63. The highest BCUT2D eigenvalue weighted by Gasteiger charge is 2.40. The number of nitrogens with one attached hydrogen (secondary N) is 1. The van der Waals surface area contributed by atoms with Crippen molar-refractivity contribution in [3.63, 3.8) is 0 Å². The van der Waals surface area contributed by atoms with Gasteiger partial charge in [0.2, 0.25) is 0 Å². The lowest BCUT2D eigenvalue weighted by Gasteiger charge is -2.33. The molecule has 0 fully saturated rings. The average molecular weight is 270 g/mol. The second kappa shape index (κ2) is 4.99. The molecule has 1 rings (SSSR count). The minimum absolute atomic E-state index is 0.438. The monoisotopic (exact) mass is 270 g/mol. The van der Waals surface area contributed by atoms with Crippen molar-refractivity contribution in [1.82, 2.24) is 5.43 Å². The molecule has 0 saturated carbocycles.